The van der Waals surface area contributed by atoms with Crippen LogP contribution >= 0.6 is 0 Å². The molecule has 142 valence electrons. The van der Waals surface area contributed by atoms with Gasteiger partial charge < -0.3 is 4.74 Å². The molecule has 0 amide bonds. The maximum Gasteiger partial charge on any atom is 0.241 e. The van der Waals surface area contributed by atoms with Crippen LogP contribution in [0, 0.1) is 13.8 Å². The zero-order chi connectivity index (χ0) is 19.4. The molecular weight excluding hydrogens is 364 g/mol. The number of aromatic nitrogens is 3. The zero-order valence-electron chi connectivity index (χ0n) is 15.5. The minimum absolute atomic E-state index is 0.236. The fourth-order valence-electron chi connectivity index (χ4n) is 2.94. The van der Waals surface area contributed by atoms with Crippen molar-refractivity contribution in [3.63, 3.8) is 0 Å². The molecule has 7 nitrogen and oxygen atoms in total. The molecule has 8 heteroatoms. The van der Waals surface area contributed by atoms with Gasteiger partial charge >= 0.3 is 0 Å². The van der Waals surface area contributed by atoms with Gasteiger partial charge in [-0.15, -0.1) is 0 Å². The Kier molecular flexibility index (Phi) is 5.57. The standard InChI is InChI=1S/C19H22N4O3S/c1-14-15(2)19(10-9-18(14)26-3)27(24,25)22-17(11-23-13-20-12-21-23)16-7-5-4-6-8-16/h4-10,12-13,17,22H,11H2,1-3H3. The Labute approximate surface area is 159 Å². The van der Waals surface area contributed by atoms with Gasteiger partial charge in [0, 0.05) is 0 Å². The highest BCUT2D eigenvalue weighted by molar-refractivity contribution is 7.89. The van der Waals surface area contributed by atoms with Crippen molar-refractivity contribution in [3.8, 4) is 5.75 Å². The van der Waals surface area contributed by atoms with Gasteiger partial charge in [-0.25, -0.2) is 18.1 Å². The molecule has 1 heterocycles. The van der Waals surface area contributed by atoms with Crippen LogP contribution in [0.5, 0.6) is 5.75 Å². The van der Waals surface area contributed by atoms with Gasteiger partial charge in [-0.05, 0) is 42.7 Å². The van der Waals surface area contributed by atoms with E-state index in [1.54, 1.807) is 37.2 Å². The Morgan fingerprint density at radius 3 is 2.48 bits per heavy atom. The fourth-order valence-corrected chi connectivity index (χ4v) is 4.46. The Bertz CT molecular complexity index is 1000. The van der Waals surface area contributed by atoms with Crippen LogP contribution in [0.2, 0.25) is 0 Å². The summed E-state index contributed by atoms with van der Waals surface area (Å²) in [7, 11) is -2.19. The summed E-state index contributed by atoms with van der Waals surface area (Å²) in [4.78, 5) is 4.17. The Morgan fingerprint density at radius 2 is 1.85 bits per heavy atom. The molecule has 1 N–H and O–H groups in total. The molecule has 0 aliphatic rings. The summed E-state index contributed by atoms with van der Waals surface area (Å²) in [6.45, 7) is 3.95. The molecule has 3 rings (SSSR count). The molecule has 1 aromatic heterocycles. The van der Waals surface area contributed by atoms with Gasteiger partial charge in [0.15, 0.2) is 0 Å². The summed E-state index contributed by atoms with van der Waals surface area (Å²) in [6.07, 6.45) is 2.99. The lowest BCUT2D eigenvalue weighted by Gasteiger charge is -2.21. The van der Waals surface area contributed by atoms with Crippen molar-refractivity contribution >= 4 is 10.0 Å². The van der Waals surface area contributed by atoms with E-state index in [-0.39, 0.29) is 4.90 Å². The van der Waals surface area contributed by atoms with Crippen LogP contribution in [0.1, 0.15) is 22.7 Å². The first-order valence-electron chi connectivity index (χ1n) is 8.46. The predicted octanol–water partition coefficient (Wildman–Crippen LogP) is 2.62. The lowest BCUT2D eigenvalue weighted by atomic mass is 10.1. The number of sulfonamides is 1. The minimum Gasteiger partial charge on any atom is -0.496 e. The van der Waals surface area contributed by atoms with Crippen LogP contribution in [-0.2, 0) is 16.6 Å². The van der Waals surface area contributed by atoms with Crippen LogP contribution < -0.4 is 9.46 Å². The third kappa shape index (κ3) is 4.17. The second kappa shape index (κ2) is 7.89. The molecule has 0 aliphatic carbocycles. The van der Waals surface area contributed by atoms with E-state index in [4.69, 9.17) is 4.74 Å². The van der Waals surface area contributed by atoms with E-state index in [9.17, 15) is 8.42 Å². The van der Waals surface area contributed by atoms with Crippen LogP contribution in [0.25, 0.3) is 0 Å². The summed E-state index contributed by atoms with van der Waals surface area (Å²) in [6, 6.07) is 12.2. The third-order valence-corrected chi connectivity index (χ3v) is 6.15. The SMILES string of the molecule is COc1ccc(S(=O)(=O)NC(Cn2cncn2)c2ccccc2)c(C)c1C. The van der Waals surface area contributed by atoms with E-state index in [1.807, 2.05) is 37.3 Å². The highest BCUT2D eigenvalue weighted by atomic mass is 32.2. The Balaban J connectivity index is 1.96. The lowest BCUT2D eigenvalue weighted by Crippen LogP contribution is -2.32. The van der Waals surface area contributed by atoms with Crippen molar-refractivity contribution in [2.45, 2.75) is 31.3 Å². The van der Waals surface area contributed by atoms with Crippen molar-refractivity contribution in [2.75, 3.05) is 7.11 Å². The molecular formula is C19H22N4O3S. The number of methoxy groups -OCH3 is 1. The third-order valence-electron chi connectivity index (χ3n) is 4.53. The number of hydrogen-bond donors (Lipinski definition) is 1. The van der Waals surface area contributed by atoms with Crippen LogP contribution in [0.15, 0.2) is 60.0 Å². The van der Waals surface area contributed by atoms with Crippen molar-refractivity contribution in [3.05, 3.63) is 71.8 Å². The zero-order valence-corrected chi connectivity index (χ0v) is 16.3. The average molecular weight is 386 g/mol. The number of hydrogen-bond acceptors (Lipinski definition) is 5. The maximum atomic E-state index is 13.1. The van der Waals surface area contributed by atoms with E-state index in [1.165, 1.54) is 6.33 Å². The van der Waals surface area contributed by atoms with Crippen molar-refractivity contribution in [1.82, 2.24) is 19.5 Å². The van der Waals surface area contributed by atoms with Gasteiger partial charge in [0.2, 0.25) is 10.0 Å². The summed E-state index contributed by atoms with van der Waals surface area (Å²) in [5, 5.41) is 4.09. The number of nitrogens with zero attached hydrogens (tertiary/aromatic N) is 3. The Hall–Kier alpha value is -2.71. The number of benzene rings is 2. The number of ether oxygens (including phenoxy) is 1. The second-order valence-electron chi connectivity index (χ2n) is 6.22. The molecule has 1 unspecified atom stereocenters. The van der Waals surface area contributed by atoms with Crippen LogP contribution in [0.3, 0.4) is 0 Å². The first-order valence-corrected chi connectivity index (χ1v) is 9.94. The number of nitrogens with one attached hydrogen (secondary N) is 1. The fraction of sp³-hybridized carbons (Fsp3) is 0.263. The molecule has 1 atom stereocenters. The van der Waals surface area contributed by atoms with Crippen LogP contribution in [0.4, 0.5) is 0 Å². The lowest BCUT2D eigenvalue weighted by molar-refractivity contribution is 0.410. The largest absolute Gasteiger partial charge is 0.496 e. The van der Waals surface area contributed by atoms with Crippen molar-refractivity contribution in [2.24, 2.45) is 0 Å². The highest BCUT2D eigenvalue weighted by Crippen LogP contribution is 2.28. The summed E-state index contributed by atoms with van der Waals surface area (Å²) in [5.41, 5.74) is 2.31. The van der Waals surface area contributed by atoms with E-state index < -0.39 is 16.1 Å². The summed E-state index contributed by atoms with van der Waals surface area (Å²) >= 11 is 0. The quantitative estimate of drug-likeness (QED) is 0.675. The van der Waals surface area contributed by atoms with Crippen LogP contribution in [-0.4, -0.2) is 30.3 Å². The maximum absolute atomic E-state index is 13.1. The molecule has 0 aliphatic heterocycles. The molecule has 27 heavy (non-hydrogen) atoms. The van der Waals surface area contributed by atoms with Gasteiger partial charge in [-0.1, -0.05) is 30.3 Å². The van der Waals surface area contributed by atoms with Gasteiger partial charge in [-0.3, -0.25) is 4.68 Å². The molecule has 0 radical (unpaired) electrons. The second-order valence-corrected chi connectivity index (χ2v) is 7.90. The molecule has 0 saturated carbocycles. The summed E-state index contributed by atoms with van der Waals surface area (Å²) < 4.78 is 35.9. The molecule has 3 aromatic rings. The number of rotatable bonds is 7. The topological polar surface area (TPSA) is 86.1 Å². The molecule has 0 saturated heterocycles. The van der Waals surface area contributed by atoms with Gasteiger partial charge in [0.05, 0.1) is 24.6 Å². The van der Waals surface area contributed by atoms with Gasteiger partial charge in [-0.2, -0.15) is 5.10 Å². The smallest absolute Gasteiger partial charge is 0.241 e. The van der Waals surface area contributed by atoms with Crippen molar-refractivity contribution in [1.29, 1.82) is 0 Å². The molecule has 0 fully saturated rings. The Morgan fingerprint density at radius 1 is 1.11 bits per heavy atom. The molecule has 2 aromatic carbocycles. The first kappa shape index (κ1) is 19.1. The normalized spacial score (nSPS) is 12.7. The van der Waals surface area contributed by atoms with E-state index in [0.29, 0.717) is 17.9 Å². The minimum atomic E-state index is -3.76. The highest BCUT2D eigenvalue weighted by Gasteiger charge is 2.25. The van der Waals surface area contributed by atoms with E-state index in [0.717, 1.165) is 11.1 Å². The monoisotopic (exact) mass is 386 g/mol. The summed E-state index contributed by atoms with van der Waals surface area (Å²) in [5.74, 6) is 0.661. The van der Waals surface area contributed by atoms with Gasteiger partial charge in [0.25, 0.3) is 0 Å². The van der Waals surface area contributed by atoms with E-state index in [2.05, 4.69) is 14.8 Å². The molecule has 0 bridgehead atoms. The van der Waals surface area contributed by atoms with Crippen molar-refractivity contribution < 1.29 is 13.2 Å². The predicted molar refractivity (Wildman–Crippen MR) is 102 cm³/mol. The average Bonchev–Trinajstić information content (AvgIpc) is 3.17. The molecule has 0 spiro atoms. The first-order chi connectivity index (χ1) is 12.9. The van der Waals surface area contributed by atoms with E-state index >= 15 is 0 Å². The van der Waals surface area contributed by atoms with Gasteiger partial charge in [0.1, 0.15) is 18.4 Å².